The van der Waals surface area contributed by atoms with E-state index in [1.165, 1.54) is 11.1 Å². The molecule has 3 rings (SSSR count). The number of pyridine rings is 1. The molecule has 0 radical (unpaired) electrons. The molecule has 3 aromatic heterocycles. The Morgan fingerprint density at radius 1 is 1.20 bits per heavy atom. The summed E-state index contributed by atoms with van der Waals surface area (Å²) < 4.78 is 40.4. The lowest BCUT2D eigenvalue weighted by Gasteiger charge is -2.07. The Hall–Kier alpha value is -2.68. The minimum absolute atomic E-state index is 0.212. The van der Waals surface area contributed by atoms with Gasteiger partial charge in [0.25, 0.3) is 5.91 Å². The van der Waals surface area contributed by atoms with Crippen molar-refractivity contribution in [3.8, 4) is 16.4 Å². The van der Waals surface area contributed by atoms with Crippen LogP contribution in [-0.2, 0) is 6.18 Å². The molecule has 3 aromatic rings. The standard InChI is InChI=1S/C16H13F3N4OS/c1-22(2)15(24)12-7-6-11(25-12)10-9-13(16(17,18)19)21-23(10)14-5-3-4-8-20-14/h3-9H,1-2H3. The van der Waals surface area contributed by atoms with Gasteiger partial charge in [-0.15, -0.1) is 11.3 Å². The number of alkyl halides is 3. The number of hydrogen-bond acceptors (Lipinski definition) is 4. The van der Waals surface area contributed by atoms with Crippen LogP contribution in [0.2, 0.25) is 0 Å². The number of nitrogens with zero attached hydrogens (tertiary/aromatic N) is 4. The number of carbonyl (C=O) groups is 1. The van der Waals surface area contributed by atoms with Crippen molar-refractivity contribution >= 4 is 17.2 Å². The summed E-state index contributed by atoms with van der Waals surface area (Å²) in [5, 5.41) is 3.66. The third kappa shape index (κ3) is 3.41. The Morgan fingerprint density at radius 2 is 1.96 bits per heavy atom. The normalized spacial score (nSPS) is 11.6. The maximum atomic E-state index is 13.1. The smallest absolute Gasteiger partial charge is 0.344 e. The topological polar surface area (TPSA) is 51.0 Å². The fourth-order valence-corrected chi connectivity index (χ4v) is 3.19. The third-order valence-electron chi connectivity index (χ3n) is 3.34. The molecule has 0 unspecified atom stereocenters. The van der Waals surface area contributed by atoms with Gasteiger partial charge < -0.3 is 4.90 Å². The Bertz CT molecular complexity index is 900. The van der Waals surface area contributed by atoms with E-state index in [4.69, 9.17) is 0 Å². The van der Waals surface area contributed by atoms with Gasteiger partial charge in [0.15, 0.2) is 11.5 Å². The van der Waals surface area contributed by atoms with E-state index in [1.54, 1.807) is 44.4 Å². The Labute approximate surface area is 145 Å². The zero-order chi connectivity index (χ0) is 18.2. The zero-order valence-electron chi connectivity index (χ0n) is 13.3. The Kier molecular flexibility index (Phi) is 4.34. The molecule has 0 N–H and O–H groups in total. The molecule has 0 aliphatic heterocycles. The summed E-state index contributed by atoms with van der Waals surface area (Å²) in [5.41, 5.74) is -0.782. The first-order valence-electron chi connectivity index (χ1n) is 7.18. The summed E-state index contributed by atoms with van der Waals surface area (Å²) in [4.78, 5) is 18.4. The van der Waals surface area contributed by atoms with Gasteiger partial charge in [0.1, 0.15) is 0 Å². The molecule has 0 aromatic carbocycles. The molecule has 0 bridgehead atoms. The highest BCUT2D eigenvalue weighted by Crippen LogP contribution is 2.35. The van der Waals surface area contributed by atoms with Gasteiger partial charge in [-0.25, -0.2) is 9.67 Å². The van der Waals surface area contributed by atoms with Gasteiger partial charge in [0.2, 0.25) is 0 Å². The molecule has 5 nitrogen and oxygen atoms in total. The van der Waals surface area contributed by atoms with Crippen molar-refractivity contribution in [2.24, 2.45) is 0 Å². The minimum atomic E-state index is -4.58. The van der Waals surface area contributed by atoms with Crippen LogP contribution in [0.5, 0.6) is 0 Å². The van der Waals surface area contributed by atoms with Gasteiger partial charge in [-0.2, -0.15) is 18.3 Å². The van der Waals surface area contributed by atoms with Crippen molar-refractivity contribution in [2.75, 3.05) is 14.1 Å². The first kappa shape index (κ1) is 17.2. The summed E-state index contributed by atoms with van der Waals surface area (Å²) in [6.45, 7) is 0. The molecular formula is C16H13F3N4OS. The van der Waals surface area contributed by atoms with Crippen molar-refractivity contribution in [3.63, 3.8) is 0 Å². The number of hydrogen-bond donors (Lipinski definition) is 0. The lowest BCUT2D eigenvalue weighted by atomic mass is 10.3. The summed E-state index contributed by atoms with van der Waals surface area (Å²) in [6, 6.07) is 9.05. The number of amides is 1. The first-order chi connectivity index (χ1) is 11.8. The van der Waals surface area contributed by atoms with E-state index in [0.29, 0.717) is 9.75 Å². The maximum Gasteiger partial charge on any atom is 0.435 e. The number of rotatable bonds is 3. The van der Waals surface area contributed by atoms with Crippen LogP contribution in [0.3, 0.4) is 0 Å². The summed E-state index contributed by atoms with van der Waals surface area (Å²) in [7, 11) is 3.23. The molecule has 0 fully saturated rings. The highest BCUT2D eigenvalue weighted by Gasteiger charge is 2.35. The second-order valence-electron chi connectivity index (χ2n) is 5.38. The fraction of sp³-hybridized carbons (Fsp3) is 0.188. The molecule has 0 spiro atoms. The monoisotopic (exact) mass is 366 g/mol. The van der Waals surface area contributed by atoms with Crippen LogP contribution in [0, 0.1) is 0 Å². The molecule has 1 amide bonds. The Morgan fingerprint density at radius 3 is 2.56 bits per heavy atom. The zero-order valence-corrected chi connectivity index (χ0v) is 14.1. The van der Waals surface area contributed by atoms with Gasteiger partial charge in [0, 0.05) is 20.3 Å². The van der Waals surface area contributed by atoms with E-state index < -0.39 is 11.9 Å². The number of carbonyl (C=O) groups excluding carboxylic acids is 1. The lowest BCUT2D eigenvalue weighted by Crippen LogP contribution is -2.20. The van der Waals surface area contributed by atoms with E-state index in [-0.39, 0.29) is 17.4 Å². The van der Waals surface area contributed by atoms with Gasteiger partial charge >= 0.3 is 6.18 Å². The highest BCUT2D eigenvalue weighted by molar-refractivity contribution is 7.17. The molecular weight excluding hydrogens is 353 g/mol. The van der Waals surface area contributed by atoms with Crippen LogP contribution >= 0.6 is 11.3 Å². The third-order valence-corrected chi connectivity index (χ3v) is 4.44. The molecule has 9 heteroatoms. The van der Waals surface area contributed by atoms with Crippen LogP contribution in [0.1, 0.15) is 15.4 Å². The van der Waals surface area contributed by atoms with Crippen LogP contribution < -0.4 is 0 Å². The average Bonchev–Trinajstić information content (AvgIpc) is 3.21. The van der Waals surface area contributed by atoms with E-state index >= 15 is 0 Å². The molecule has 0 saturated carbocycles. The highest BCUT2D eigenvalue weighted by atomic mass is 32.1. The van der Waals surface area contributed by atoms with Crippen molar-refractivity contribution < 1.29 is 18.0 Å². The largest absolute Gasteiger partial charge is 0.435 e. The van der Waals surface area contributed by atoms with Crippen molar-refractivity contribution in [1.29, 1.82) is 0 Å². The van der Waals surface area contributed by atoms with Gasteiger partial charge in [-0.1, -0.05) is 6.07 Å². The summed E-state index contributed by atoms with van der Waals surface area (Å²) in [5.74, 6) is 0.0538. The van der Waals surface area contributed by atoms with E-state index in [1.807, 2.05) is 0 Å². The van der Waals surface area contributed by atoms with Gasteiger partial charge in [-0.3, -0.25) is 4.79 Å². The Balaban J connectivity index is 2.12. The minimum Gasteiger partial charge on any atom is -0.344 e. The van der Waals surface area contributed by atoms with Gasteiger partial charge in [-0.05, 0) is 30.3 Å². The van der Waals surface area contributed by atoms with Crippen LogP contribution in [-0.4, -0.2) is 39.7 Å². The SMILES string of the molecule is CN(C)C(=O)c1ccc(-c2cc(C(F)(F)F)nn2-c2ccccn2)s1. The lowest BCUT2D eigenvalue weighted by molar-refractivity contribution is -0.141. The quantitative estimate of drug-likeness (QED) is 0.710. The molecule has 25 heavy (non-hydrogen) atoms. The predicted molar refractivity (Wildman–Crippen MR) is 87.7 cm³/mol. The van der Waals surface area contributed by atoms with Crippen molar-refractivity contribution in [3.05, 3.63) is 53.2 Å². The van der Waals surface area contributed by atoms with Crippen molar-refractivity contribution in [1.82, 2.24) is 19.7 Å². The number of halogens is 3. The summed E-state index contributed by atoms with van der Waals surface area (Å²) in [6.07, 6.45) is -3.10. The maximum absolute atomic E-state index is 13.1. The summed E-state index contributed by atoms with van der Waals surface area (Å²) >= 11 is 1.11. The second kappa shape index (κ2) is 6.32. The number of aromatic nitrogens is 3. The average molecular weight is 366 g/mol. The van der Waals surface area contributed by atoms with E-state index in [9.17, 15) is 18.0 Å². The van der Waals surface area contributed by atoms with Crippen LogP contribution in [0.4, 0.5) is 13.2 Å². The van der Waals surface area contributed by atoms with Crippen LogP contribution in [0.15, 0.2) is 42.6 Å². The van der Waals surface area contributed by atoms with Crippen molar-refractivity contribution in [2.45, 2.75) is 6.18 Å². The molecule has 0 atom stereocenters. The predicted octanol–water partition coefficient (Wildman–Crippen LogP) is 3.72. The van der Waals surface area contributed by atoms with E-state index in [2.05, 4.69) is 10.1 Å². The molecule has 0 aliphatic carbocycles. The van der Waals surface area contributed by atoms with E-state index in [0.717, 1.165) is 22.1 Å². The molecule has 130 valence electrons. The second-order valence-corrected chi connectivity index (χ2v) is 6.46. The number of thiophene rings is 1. The molecule has 0 aliphatic rings. The fourth-order valence-electron chi connectivity index (χ4n) is 2.16. The molecule has 3 heterocycles. The molecule has 0 saturated heterocycles. The first-order valence-corrected chi connectivity index (χ1v) is 7.99. The van der Waals surface area contributed by atoms with Gasteiger partial charge in [0.05, 0.1) is 15.4 Å². The van der Waals surface area contributed by atoms with Crippen LogP contribution in [0.25, 0.3) is 16.4 Å².